The molecule has 0 aliphatic rings. The maximum Gasteiger partial charge on any atom is 0.318 e. The molecule has 0 radical (unpaired) electrons. The number of hydrogen-bond acceptors (Lipinski definition) is 4. The summed E-state index contributed by atoms with van der Waals surface area (Å²) in [5.41, 5.74) is 4.27. The largest absolute Gasteiger partial charge is 0.395 e. The average Bonchev–Trinajstić information content (AvgIpc) is 2.91. The molecule has 0 aliphatic carbocycles. The molecule has 3 aromatic carbocycles. The van der Waals surface area contributed by atoms with Gasteiger partial charge in [0.05, 0.1) is 6.61 Å². The first-order chi connectivity index (χ1) is 18.0. The molecular formula is C30H38N4O3. The van der Waals surface area contributed by atoms with Crippen molar-refractivity contribution in [2.75, 3.05) is 46.9 Å². The molecule has 0 heterocycles. The Morgan fingerprint density at radius 3 is 2.03 bits per heavy atom. The second-order valence-corrected chi connectivity index (χ2v) is 9.31. The molecule has 3 rings (SSSR count). The predicted octanol–water partition coefficient (Wildman–Crippen LogP) is 3.19. The number of nitrogens with zero attached hydrogens (tertiary/aromatic N) is 2. The number of urea groups is 1. The number of carbonyl (C=O) groups excluding carboxylic acids is 2. The molecule has 7 heteroatoms. The smallest absolute Gasteiger partial charge is 0.318 e. The highest BCUT2D eigenvalue weighted by Gasteiger charge is 2.24. The van der Waals surface area contributed by atoms with Gasteiger partial charge in [-0.15, -0.1) is 0 Å². The molecule has 0 bridgehead atoms. The molecule has 7 nitrogen and oxygen atoms in total. The first-order valence-corrected chi connectivity index (χ1v) is 12.7. The van der Waals surface area contributed by atoms with Crippen molar-refractivity contribution in [1.29, 1.82) is 0 Å². The van der Waals surface area contributed by atoms with E-state index in [1.165, 1.54) is 0 Å². The summed E-state index contributed by atoms with van der Waals surface area (Å²) in [4.78, 5) is 29.8. The topological polar surface area (TPSA) is 84.9 Å². The van der Waals surface area contributed by atoms with Crippen molar-refractivity contribution in [3.05, 3.63) is 96.1 Å². The molecule has 3 amide bonds. The fourth-order valence-corrected chi connectivity index (χ4v) is 4.02. The van der Waals surface area contributed by atoms with Crippen LogP contribution in [0.15, 0.2) is 84.9 Å². The number of hydrogen-bond donors (Lipinski definition) is 3. The van der Waals surface area contributed by atoms with Crippen molar-refractivity contribution in [3.8, 4) is 11.1 Å². The van der Waals surface area contributed by atoms with Crippen LogP contribution in [0, 0.1) is 0 Å². The Morgan fingerprint density at radius 1 is 0.784 bits per heavy atom. The Bertz CT molecular complexity index is 1090. The van der Waals surface area contributed by atoms with E-state index in [2.05, 4.69) is 22.8 Å². The molecule has 0 unspecified atom stereocenters. The standard InChI is InChI=1S/C30H38N4O3/c1-33(2)20-18-31-29(36)28(23-25-13-15-27(16-14-25)26-11-7-4-8-12-26)32-30(37)34(21-22-35)19-17-24-9-5-3-6-10-24/h3-16,28,35H,17-23H2,1-2H3,(H,31,36)(H,32,37)/t28-/m0/s1. The number of likely N-dealkylation sites (N-methyl/N-ethyl adjacent to an activating group) is 1. The molecule has 0 fully saturated rings. The van der Waals surface area contributed by atoms with E-state index >= 15 is 0 Å². The lowest BCUT2D eigenvalue weighted by Gasteiger charge is -2.26. The second-order valence-electron chi connectivity index (χ2n) is 9.31. The molecule has 0 saturated carbocycles. The maximum absolute atomic E-state index is 13.2. The number of nitrogens with one attached hydrogen (secondary N) is 2. The second kappa shape index (κ2) is 14.8. The van der Waals surface area contributed by atoms with Crippen LogP contribution in [0.25, 0.3) is 11.1 Å². The van der Waals surface area contributed by atoms with E-state index < -0.39 is 6.04 Å². The van der Waals surface area contributed by atoms with Crippen LogP contribution >= 0.6 is 0 Å². The number of carbonyl (C=O) groups is 2. The molecule has 196 valence electrons. The molecule has 0 saturated heterocycles. The number of benzene rings is 3. The van der Waals surface area contributed by atoms with Gasteiger partial charge in [0, 0.05) is 32.6 Å². The minimum Gasteiger partial charge on any atom is -0.395 e. The van der Waals surface area contributed by atoms with Crippen molar-refractivity contribution in [3.63, 3.8) is 0 Å². The quantitative estimate of drug-likeness (QED) is 0.335. The van der Waals surface area contributed by atoms with Crippen LogP contribution in [0.4, 0.5) is 4.79 Å². The fourth-order valence-electron chi connectivity index (χ4n) is 4.02. The first-order valence-electron chi connectivity index (χ1n) is 12.7. The lowest BCUT2D eigenvalue weighted by Crippen LogP contribution is -2.53. The average molecular weight is 503 g/mol. The van der Waals surface area contributed by atoms with Gasteiger partial charge in [-0.25, -0.2) is 4.79 Å². The van der Waals surface area contributed by atoms with Gasteiger partial charge in [0.25, 0.3) is 0 Å². The lowest BCUT2D eigenvalue weighted by atomic mass is 10.0. The van der Waals surface area contributed by atoms with Gasteiger partial charge >= 0.3 is 6.03 Å². The third-order valence-electron chi connectivity index (χ3n) is 6.14. The molecule has 3 N–H and O–H groups in total. The fraction of sp³-hybridized carbons (Fsp3) is 0.333. The number of amides is 3. The Morgan fingerprint density at radius 2 is 1.41 bits per heavy atom. The van der Waals surface area contributed by atoms with Crippen molar-refractivity contribution in [2.24, 2.45) is 0 Å². The summed E-state index contributed by atoms with van der Waals surface area (Å²) in [5, 5.41) is 15.4. The van der Waals surface area contributed by atoms with E-state index in [4.69, 9.17) is 0 Å². The highest BCUT2D eigenvalue weighted by atomic mass is 16.3. The van der Waals surface area contributed by atoms with Gasteiger partial charge in [-0.1, -0.05) is 84.9 Å². The van der Waals surface area contributed by atoms with Crippen LogP contribution in [0.1, 0.15) is 11.1 Å². The van der Waals surface area contributed by atoms with Crippen LogP contribution in [-0.2, 0) is 17.6 Å². The van der Waals surface area contributed by atoms with Crippen molar-refractivity contribution in [1.82, 2.24) is 20.4 Å². The molecule has 0 aromatic heterocycles. The van der Waals surface area contributed by atoms with Gasteiger partial charge in [-0.3, -0.25) is 4.79 Å². The number of aliphatic hydroxyl groups excluding tert-OH is 1. The van der Waals surface area contributed by atoms with E-state index in [-0.39, 0.29) is 25.1 Å². The SMILES string of the molecule is CN(C)CCNC(=O)[C@H](Cc1ccc(-c2ccccc2)cc1)NC(=O)N(CCO)CCc1ccccc1. The summed E-state index contributed by atoms with van der Waals surface area (Å²) >= 11 is 0. The minimum atomic E-state index is -0.741. The van der Waals surface area contributed by atoms with Crippen molar-refractivity contribution < 1.29 is 14.7 Å². The van der Waals surface area contributed by atoms with Gasteiger partial charge in [-0.2, -0.15) is 0 Å². The zero-order valence-corrected chi connectivity index (χ0v) is 21.8. The van der Waals surface area contributed by atoms with E-state index in [9.17, 15) is 14.7 Å². The normalized spacial score (nSPS) is 11.7. The van der Waals surface area contributed by atoms with Gasteiger partial charge in [0.1, 0.15) is 6.04 Å². The van der Waals surface area contributed by atoms with Gasteiger partial charge < -0.3 is 25.5 Å². The summed E-state index contributed by atoms with van der Waals surface area (Å²) in [6.07, 6.45) is 1.02. The number of rotatable bonds is 13. The molecular weight excluding hydrogens is 464 g/mol. The molecule has 3 aromatic rings. The van der Waals surface area contributed by atoms with E-state index in [0.717, 1.165) is 22.3 Å². The van der Waals surface area contributed by atoms with Gasteiger partial charge in [0.2, 0.25) is 5.91 Å². The third kappa shape index (κ3) is 9.37. The minimum absolute atomic E-state index is 0.150. The van der Waals surface area contributed by atoms with E-state index in [1.807, 2.05) is 91.8 Å². The van der Waals surface area contributed by atoms with Crippen molar-refractivity contribution in [2.45, 2.75) is 18.9 Å². The van der Waals surface area contributed by atoms with E-state index in [1.54, 1.807) is 4.90 Å². The summed E-state index contributed by atoms with van der Waals surface area (Å²) in [6, 6.07) is 27.0. The Hall–Kier alpha value is -3.68. The lowest BCUT2D eigenvalue weighted by molar-refractivity contribution is -0.123. The molecule has 37 heavy (non-hydrogen) atoms. The summed E-state index contributed by atoms with van der Waals surface area (Å²) in [7, 11) is 3.89. The van der Waals surface area contributed by atoms with Gasteiger partial charge in [-0.05, 0) is 42.8 Å². The summed E-state index contributed by atoms with van der Waals surface area (Å²) in [6.45, 7) is 1.67. The van der Waals surface area contributed by atoms with Crippen LogP contribution in [0.3, 0.4) is 0 Å². The van der Waals surface area contributed by atoms with Gasteiger partial charge in [0.15, 0.2) is 0 Å². The Kier molecular flexibility index (Phi) is 11.1. The molecule has 1 atom stereocenters. The Labute approximate surface area is 220 Å². The zero-order chi connectivity index (χ0) is 26.5. The van der Waals surface area contributed by atoms with Crippen LogP contribution in [0.2, 0.25) is 0 Å². The summed E-state index contributed by atoms with van der Waals surface area (Å²) in [5.74, 6) is -0.227. The zero-order valence-electron chi connectivity index (χ0n) is 21.8. The number of aliphatic hydroxyl groups is 1. The maximum atomic E-state index is 13.2. The first kappa shape index (κ1) is 27.9. The predicted molar refractivity (Wildman–Crippen MR) is 148 cm³/mol. The highest BCUT2D eigenvalue weighted by Crippen LogP contribution is 2.20. The van der Waals surface area contributed by atoms with Crippen LogP contribution in [-0.4, -0.2) is 79.8 Å². The summed E-state index contributed by atoms with van der Waals surface area (Å²) < 4.78 is 0. The van der Waals surface area contributed by atoms with E-state index in [0.29, 0.717) is 32.5 Å². The highest BCUT2D eigenvalue weighted by molar-refractivity contribution is 5.87. The third-order valence-corrected chi connectivity index (χ3v) is 6.14. The molecule has 0 spiro atoms. The molecule has 0 aliphatic heterocycles. The monoisotopic (exact) mass is 502 g/mol. The van der Waals surface area contributed by atoms with Crippen LogP contribution < -0.4 is 10.6 Å². The van der Waals surface area contributed by atoms with Crippen molar-refractivity contribution >= 4 is 11.9 Å². The van der Waals surface area contributed by atoms with Crippen LogP contribution in [0.5, 0.6) is 0 Å². The Balaban J connectivity index is 1.70.